The van der Waals surface area contributed by atoms with E-state index in [4.69, 9.17) is 42.5 Å². The minimum Gasteiger partial charge on any atom is -0.497 e. The first-order chi connectivity index (χ1) is 50.7. The van der Waals surface area contributed by atoms with Crippen LogP contribution in [0.4, 0.5) is 14.7 Å². The van der Waals surface area contributed by atoms with Gasteiger partial charge in [-0.3, -0.25) is 33.1 Å². The standard InChI is InChI=1S/C38H52BrN4O10P.C36H47N6O9PS/c1-8-23-20-38(23,54(48,50-9-2)51-10-3)42-34(45)30-18-26(52-32-19-29(31(44)21-39)40-28-17-25(49-7)15-16-27(28)32)22-43(30)35(46)33(37(4,5)6)41-36(47)53-24-13-11-12-14-24;1-7-20-17-36(20,52(46,47)48)41-31(43)28-15-23(18-42(28)32(44)30(35(2,3)4)40-34(45)51-21-10-8-9-11-21)50-29-16-26(27-19-53-33(37-5)39-27)38-25-14-22(49-6)12-13-24(25)29/h8,15-17,19,23-24,26,30,33H,1,9-14,18,20-22H2,2-7H3,(H,41,47)(H,42,45);7,12-14,16,19-21,23,28,30H,1,8-11,15,17-18H2,2-6H3,(H,37,39)(H,40,45)(H,41,43)(H2,46,47,48)/t23-,26-,30+,33-,38+;20-,23-,28+,30-,36+/m11/s1. The molecule has 2 aliphatic heterocycles. The summed E-state index contributed by atoms with van der Waals surface area (Å²) in [7, 11) is -3.85. The number of carbonyl (C=O) groups is 7. The lowest BCUT2D eigenvalue weighted by atomic mass is 9.85. The number of rotatable bonds is 28. The van der Waals surface area contributed by atoms with Crippen LogP contribution in [0.2, 0.25) is 0 Å². The average Bonchev–Trinajstić information content (AvgIpc) is 1.56. The van der Waals surface area contributed by atoms with Gasteiger partial charge in [-0.1, -0.05) is 69.6 Å². The number of halogens is 1. The Balaban J connectivity index is 0.000000229. The molecule has 6 fully saturated rings. The van der Waals surface area contributed by atoms with Crippen LogP contribution >= 0.6 is 42.5 Å². The van der Waals surface area contributed by atoms with Crippen molar-refractivity contribution >= 4 is 111 Å². The van der Waals surface area contributed by atoms with E-state index in [0.29, 0.717) is 61.3 Å². The summed E-state index contributed by atoms with van der Waals surface area (Å²) in [5, 5.41) is 14.8. The van der Waals surface area contributed by atoms with Crippen molar-refractivity contribution in [1.29, 1.82) is 0 Å². The fourth-order valence-corrected chi connectivity index (χ4v) is 19.0. The Kier molecular flexibility index (Phi) is 25.7. The molecule has 3 aromatic heterocycles. The zero-order valence-corrected chi connectivity index (χ0v) is 66.5. The molecule has 5 heterocycles. The van der Waals surface area contributed by atoms with Crippen molar-refractivity contribution in [1.82, 2.24) is 46.0 Å². The first-order valence-corrected chi connectivity index (χ1v) is 41.3. The van der Waals surface area contributed by atoms with Gasteiger partial charge >= 0.3 is 27.4 Å². The molecule has 0 radical (unpaired) electrons. The van der Waals surface area contributed by atoms with Gasteiger partial charge in [0.15, 0.2) is 10.9 Å². The molecule has 0 bridgehead atoms. The van der Waals surface area contributed by atoms with Crippen LogP contribution < -0.4 is 45.5 Å². The predicted octanol–water partition coefficient (Wildman–Crippen LogP) is 11.6. The van der Waals surface area contributed by atoms with Crippen molar-refractivity contribution in [3.63, 3.8) is 0 Å². The number of fused-ring (bicyclic) bond motifs is 2. The number of hydrogen-bond donors (Lipinski definition) is 7. The lowest BCUT2D eigenvalue weighted by Gasteiger charge is -2.36. The Morgan fingerprint density at radius 1 is 0.654 bits per heavy atom. The molecule has 10 atom stereocenters. The van der Waals surface area contributed by atoms with E-state index in [-0.39, 0.29) is 81.0 Å². The molecule has 33 heteroatoms. The summed E-state index contributed by atoms with van der Waals surface area (Å²) in [6.07, 6.45) is 6.81. The number of alkyl halides is 1. The summed E-state index contributed by atoms with van der Waals surface area (Å²) in [6, 6.07) is 9.37. The summed E-state index contributed by atoms with van der Waals surface area (Å²) < 4.78 is 73.6. The van der Waals surface area contributed by atoms with Crippen molar-refractivity contribution in [3.05, 3.63) is 84.9 Å². The van der Waals surface area contributed by atoms with E-state index in [1.807, 2.05) is 32.2 Å². The number of amides is 6. The highest BCUT2D eigenvalue weighted by Crippen LogP contribution is 2.73. The SMILES string of the molecule is C=C[C@@H]1C[C@]1(NC(=O)[C@@H]1C[C@@H](Oc2cc(-c3csc(NC)n3)nc3cc(OC)ccc23)CN1C(=O)[C@@H](NC(=O)OC1CCCC1)C(C)(C)C)P(=O)(O)O.C=C[C@@H]1C[C@]1(NC(=O)[C@@H]1C[C@@H](Oc2cc(C(=O)CBr)nc3cc(OC)ccc23)CN1C(=O)[C@@H](NC(=O)OC1CCCC1)C(C)(C)C)P(=O)(OCC)OCC. The molecule has 7 N–H and O–H groups in total. The van der Waals surface area contributed by atoms with E-state index in [9.17, 15) is 52.5 Å². The highest BCUT2D eigenvalue weighted by molar-refractivity contribution is 9.09. The Morgan fingerprint density at radius 3 is 1.50 bits per heavy atom. The van der Waals surface area contributed by atoms with Crippen LogP contribution in [0.3, 0.4) is 0 Å². The average molecular weight is 1610 g/mol. The van der Waals surface area contributed by atoms with Crippen LogP contribution in [0.25, 0.3) is 33.2 Å². The summed E-state index contributed by atoms with van der Waals surface area (Å²) in [4.78, 5) is 134. The highest BCUT2D eigenvalue weighted by Gasteiger charge is 2.69. The van der Waals surface area contributed by atoms with Gasteiger partial charge in [0, 0.05) is 72.1 Å². The van der Waals surface area contributed by atoms with Crippen LogP contribution in [0.5, 0.6) is 23.0 Å². The maximum atomic E-state index is 14.7. The Bertz CT molecular complexity index is 4260. The van der Waals surface area contributed by atoms with E-state index < -0.39 is 121 Å². The summed E-state index contributed by atoms with van der Waals surface area (Å²) in [5.41, 5.74) is 0.741. The first-order valence-electron chi connectivity index (χ1n) is 36.1. The molecule has 6 amide bonds. The minimum atomic E-state index is -4.83. The zero-order chi connectivity index (χ0) is 77.7. The van der Waals surface area contributed by atoms with Gasteiger partial charge in [-0.2, -0.15) is 0 Å². The molecule has 2 aromatic carbocycles. The Labute approximate surface area is 635 Å². The van der Waals surface area contributed by atoms with Gasteiger partial charge in [0.25, 0.3) is 0 Å². The number of thiazole rings is 1. The van der Waals surface area contributed by atoms with Gasteiger partial charge in [0.2, 0.25) is 23.6 Å². The fourth-order valence-electron chi connectivity index (χ4n) is 14.4. The number of methoxy groups -OCH3 is 2. The van der Waals surface area contributed by atoms with Crippen LogP contribution in [0, 0.1) is 22.7 Å². The molecule has 0 spiro atoms. The first kappa shape index (κ1) is 81.8. The topological polar surface area (TPSA) is 373 Å². The van der Waals surface area contributed by atoms with Crippen LogP contribution in [0.15, 0.2) is 79.2 Å². The van der Waals surface area contributed by atoms with Crippen molar-refractivity contribution in [2.45, 2.75) is 192 Å². The number of pyridine rings is 2. The van der Waals surface area contributed by atoms with Gasteiger partial charge in [0.1, 0.15) is 93.5 Å². The number of hydrogen-bond acceptors (Lipinski definition) is 22. The molecule has 0 unspecified atom stereocenters. The van der Waals surface area contributed by atoms with Crippen molar-refractivity contribution in [2.24, 2.45) is 22.7 Å². The molecule has 2 saturated heterocycles. The maximum Gasteiger partial charge on any atom is 0.408 e. The van der Waals surface area contributed by atoms with E-state index in [0.717, 1.165) is 51.4 Å². The number of benzene rings is 2. The van der Waals surface area contributed by atoms with E-state index in [1.54, 1.807) is 97.3 Å². The number of likely N-dealkylation sites (tertiary alicyclic amines) is 2. The number of ketones is 1. The third kappa shape index (κ3) is 18.3. The molecular formula is C74H99BrN10O19P2S. The summed E-state index contributed by atoms with van der Waals surface area (Å²) in [6.45, 7) is 21.8. The lowest BCUT2D eigenvalue weighted by molar-refractivity contribution is -0.142. The van der Waals surface area contributed by atoms with Crippen LogP contribution in [0.1, 0.15) is 143 Å². The van der Waals surface area contributed by atoms with Crippen molar-refractivity contribution in [2.75, 3.05) is 58.2 Å². The van der Waals surface area contributed by atoms with Gasteiger partial charge in [0.05, 0.1) is 62.6 Å². The minimum absolute atomic E-state index is 0.00708. The largest absolute Gasteiger partial charge is 0.497 e. The number of anilines is 1. The second-order valence-electron chi connectivity index (χ2n) is 29.9. The number of nitrogens with zero attached hydrogens (tertiary/aromatic N) is 5. The molecular weight excluding hydrogens is 1510 g/mol. The van der Waals surface area contributed by atoms with Gasteiger partial charge in [-0.15, -0.1) is 24.5 Å². The summed E-state index contributed by atoms with van der Waals surface area (Å²) >= 11 is 4.64. The molecule has 29 nitrogen and oxygen atoms in total. The molecule has 582 valence electrons. The van der Waals surface area contributed by atoms with Gasteiger partial charge < -0.3 is 83.6 Å². The molecule has 11 rings (SSSR count). The summed E-state index contributed by atoms with van der Waals surface area (Å²) in [5.74, 6) is -1.84. The quantitative estimate of drug-likeness (QED) is 0.0106. The molecule has 4 aliphatic carbocycles. The molecule has 4 saturated carbocycles. The van der Waals surface area contributed by atoms with Gasteiger partial charge in [-0.05, 0) is 113 Å². The third-order valence-corrected chi connectivity index (χ3v) is 26.2. The smallest absolute Gasteiger partial charge is 0.408 e. The Morgan fingerprint density at radius 2 is 1.10 bits per heavy atom. The third-order valence-electron chi connectivity index (χ3n) is 20.4. The van der Waals surface area contributed by atoms with E-state index in [2.05, 4.69) is 65.6 Å². The normalized spacial score (nSPS) is 23.6. The van der Waals surface area contributed by atoms with E-state index in [1.165, 1.54) is 34.3 Å². The number of nitrogens with one attached hydrogen (secondary N) is 5. The monoisotopic (exact) mass is 1600 g/mol. The number of alkyl carbamates (subject to hydrolysis) is 2. The van der Waals surface area contributed by atoms with Crippen LogP contribution in [-0.2, 0) is 46.8 Å². The lowest BCUT2D eigenvalue weighted by Crippen LogP contribution is -2.58. The Hall–Kier alpha value is -7.76. The zero-order valence-electron chi connectivity index (χ0n) is 62.3. The van der Waals surface area contributed by atoms with Crippen molar-refractivity contribution < 1.29 is 89.9 Å². The van der Waals surface area contributed by atoms with Gasteiger partial charge in [-0.25, -0.2) is 24.5 Å². The fraction of sp³-hybridized carbons (Fsp3) is 0.568. The number of carbonyl (C=O) groups excluding carboxylic acids is 7. The highest BCUT2D eigenvalue weighted by atomic mass is 79.9. The maximum absolute atomic E-state index is 14.7. The number of ether oxygens (including phenoxy) is 6. The number of Topliss-reactive ketones (excluding diaryl/α,β-unsaturated/α-hetero) is 1. The molecule has 5 aromatic rings. The molecule has 107 heavy (non-hydrogen) atoms. The van der Waals surface area contributed by atoms with Crippen LogP contribution in [-0.4, -0.2) is 188 Å². The van der Waals surface area contributed by atoms with Crippen molar-refractivity contribution in [3.8, 4) is 34.4 Å². The van der Waals surface area contributed by atoms with E-state index >= 15 is 0 Å². The predicted molar refractivity (Wildman–Crippen MR) is 406 cm³/mol. The second kappa shape index (κ2) is 33.6. The molecule has 6 aliphatic rings. The number of aromatic nitrogens is 3. The second-order valence-corrected chi connectivity index (χ2v) is 35.5.